The predicted molar refractivity (Wildman–Crippen MR) is 78.4 cm³/mol. The predicted octanol–water partition coefficient (Wildman–Crippen LogP) is 3.13. The summed E-state index contributed by atoms with van der Waals surface area (Å²) in [6.45, 7) is 6.27. The van der Waals surface area contributed by atoms with Crippen LogP contribution in [0.2, 0.25) is 0 Å². The minimum Gasteiger partial charge on any atom is -0.383 e. The van der Waals surface area contributed by atoms with Crippen molar-refractivity contribution in [3.63, 3.8) is 0 Å². The van der Waals surface area contributed by atoms with Gasteiger partial charge in [-0.05, 0) is 31.6 Å². The standard InChI is InChI=1S/C16H31NO2/c1-13(2)15(12-18-3)17-14-7-10-19-16(11-14)8-5-4-6-9-16/h13-15,17H,4-12H2,1-3H3. The largest absolute Gasteiger partial charge is 0.383 e. The van der Waals surface area contributed by atoms with Crippen LogP contribution < -0.4 is 5.32 Å². The number of hydrogen-bond acceptors (Lipinski definition) is 3. The Morgan fingerprint density at radius 1 is 1.26 bits per heavy atom. The molecule has 2 fully saturated rings. The normalized spacial score (nSPS) is 28.7. The molecule has 1 saturated carbocycles. The van der Waals surface area contributed by atoms with Gasteiger partial charge in [-0.3, -0.25) is 0 Å². The average Bonchev–Trinajstić information content (AvgIpc) is 2.39. The molecule has 0 bridgehead atoms. The van der Waals surface area contributed by atoms with Crippen molar-refractivity contribution < 1.29 is 9.47 Å². The number of hydrogen-bond donors (Lipinski definition) is 1. The molecule has 2 rings (SSSR count). The summed E-state index contributed by atoms with van der Waals surface area (Å²) in [5, 5.41) is 3.82. The molecular formula is C16H31NO2. The third-order valence-electron chi connectivity index (χ3n) is 4.86. The maximum atomic E-state index is 6.17. The van der Waals surface area contributed by atoms with Gasteiger partial charge in [0.05, 0.1) is 12.2 Å². The molecule has 1 N–H and O–H groups in total. The van der Waals surface area contributed by atoms with E-state index >= 15 is 0 Å². The molecule has 0 aromatic carbocycles. The summed E-state index contributed by atoms with van der Waals surface area (Å²) in [4.78, 5) is 0. The summed E-state index contributed by atoms with van der Waals surface area (Å²) in [7, 11) is 1.80. The first-order valence-corrected chi connectivity index (χ1v) is 8.04. The second kappa shape index (κ2) is 7.05. The first-order valence-electron chi connectivity index (χ1n) is 8.04. The van der Waals surface area contributed by atoms with E-state index in [9.17, 15) is 0 Å². The summed E-state index contributed by atoms with van der Waals surface area (Å²) in [5.41, 5.74) is 0.197. The molecule has 2 atom stereocenters. The van der Waals surface area contributed by atoms with E-state index in [1.807, 2.05) is 0 Å². The van der Waals surface area contributed by atoms with Crippen molar-refractivity contribution in [3.05, 3.63) is 0 Å². The maximum absolute atomic E-state index is 6.17. The molecule has 112 valence electrons. The van der Waals surface area contributed by atoms with Crippen LogP contribution in [0.4, 0.5) is 0 Å². The molecule has 2 unspecified atom stereocenters. The minimum atomic E-state index is 0.197. The minimum absolute atomic E-state index is 0.197. The van der Waals surface area contributed by atoms with Crippen LogP contribution in [0.1, 0.15) is 58.8 Å². The zero-order valence-corrected chi connectivity index (χ0v) is 12.9. The summed E-state index contributed by atoms with van der Waals surface area (Å²) >= 11 is 0. The van der Waals surface area contributed by atoms with Crippen LogP contribution in [0.5, 0.6) is 0 Å². The summed E-state index contributed by atoms with van der Waals surface area (Å²) in [6.07, 6.45) is 8.95. The number of methoxy groups -OCH3 is 1. The van der Waals surface area contributed by atoms with Crippen molar-refractivity contribution >= 4 is 0 Å². The lowest BCUT2D eigenvalue weighted by molar-refractivity contribution is -0.111. The molecule has 1 heterocycles. The zero-order chi connectivity index (χ0) is 13.7. The van der Waals surface area contributed by atoms with Crippen LogP contribution in [0, 0.1) is 5.92 Å². The SMILES string of the molecule is COCC(NC1CCOC2(CCCCC2)C1)C(C)C. The Morgan fingerprint density at radius 2 is 2.00 bits per heavy atom. The molecular weight excluding hydrogens is 238 g/mol. The van der Waals surface area contributed by atoms with E-state index in [0.29, 0.717) is 18.0 Å². The molecule has 1 aliphatic heterocycles. The van der Waals surface area contributed by atoms with Gasteiger partial charge in [0.2, 0.25) is 0 Å². The quantitative estimate of drug-likeness (QED) is 0.832. The molecule has 0 aromatic heterocycles. The van der Waals surface area contributed by atoms with Gasteiger partial charge in [-0.2, -0.15) is 0 Å². The Balaban J connectivity index is 1.89. The lowest BCUT2D eigenvalue weighted by Gasteiger charge is -2.44. The zero-order valence-electron chi connectivity index (χ0n) is 12.9. The van der Waals surface area contributed by atoms with Crippen LogP contribution in [-0.4, -0.2) is 38.0 Å². The maximum Gasteiger partial charge on any atom is 0.0697 e. The van der Waals surface area contributed by atoms with Crippen LogP contribution in [0.25, 0.3) is 0 Å². The van der Waals surface area contributed by atoms with E-state index in [1.165, 1.54) is 38.5 Å². The van der Waals surface area contributed by atoms with Gasteiger partial charge in [0.1, 0.15) is 0 Å². The van der Waals surface area contributed by atoms with E-state index in [2.05, 4.69) is 19.2 Å². The van der Waals surface area contributed by atoms with E-state index in [4.69, 9.17) is 9.47 Å². The van der Waals surface area contributed by atoms with Crippen molar-refractivity contribution in [3.8, 4) is 0 Å². The van der Waals surface area contributed by atoms with E-state index < -0.39 is 0 Å². The first-order chi connectivity index (χ1) is 9.15. The Kier molecular flexibility index (Phi) is 5.67. The molecule has 0 radical (unpaired) electrons. The highest BCUT2D eigenvalue weighted by Crippen LogP contribution is 2.38. The van der Waals surface area contributed by atoms with Crippen LogP contribution in [-0.2, 0) is 9.47 Å². The number of ether oxygens (including phenoxy) is 2. The van der Waals surface area contributed by atoms with Crippen molar-refractivity contribution in [1.82, 2.24) is 5.32 Å². The summed E-state index contributed by atoms with van der Waals surface area (Å²) < 4.78 is 11.5. The molecule has 3 nitrogen and oxygen atoms in total. The van der Waals surface area contributed by atoms with Crippen LogP contribution in [0.15, 0.2) is 0 Å². The summed E-state index contributed by atoms with van der Waals surface area (Å²) in [6, 6.07) is 1.07. The van der Waals surface area contributed by atoms with Crippen molar-refractivity contribution in [2.45, 2.75) is 76.5 Å². The molecule has 1 spiro atoms. The van der Waals surface area contributed by atoms with Gasteiger partial charge in [-0.15, -0.1) is 0 Å². The van der Waals surface area contributed by atoms with Crippen LogP contribution in [0.3, 0.4) is 0 Å². The van der Waals surface area contributed by atoms with Gasteiger partial charge in [0.25, 0.3) is 0 Å². The topological polar surface area (TPSA) is 30.5 Å². The van der Waals surface area contributed by atoms with Gasteiger partial charge in [-0.1, -0.05) is 33.1 Å². The Bertz CT molecular complexity index is 256. The smallest absolute Gasteiger partial charge is 0.0697 e. The highest BCUT2D eigenvalue weighted by molar-refractivity contribution is 4.93. The highest BCUT2D eigenvalue weighted by Gasteiger charge is 2.38. The van der Waals surface area contributed by atoms with Gasteiger partial charge in [0.15, 0.2) is 0 Å². The monoisotopic (exact) mass is 269 g/mol. The molecule has 0 amide bonds. The second-order valence-electron chi connectivity index (χ2n) is 6.75. The van der Waals surface area contributed by atoms with E-state index in [0.717, 1.165) is 19.6 Å². The van der Waals surface area contributed by atoms with Crippen LogP contribution >= 0.6 is 0 Å². The van der Waals surface area contributed by atoms with Gasteiger partial charge in [-0.25, -0.2) is 0 Å². The molecule has 2 aliphatic rings. The number of rotatable bonds is 5. The first kappa shape index (κ1) is 15.3. The third kappa shape index (κ3) is 4.17. The Hall–Kier alpha value is -0.120. The van der Waals surface area contributed by atoms with Crippen molar-refractivity contribution in [2.75, 3.05) is 20.3 Å². The Morgan fingerprint density at radius 3 is 2.63 bits per heavy atom. The molecule has 0 aromatic rings. The van der Waals surface area contributed by atoms with E-state index in [-0.39, 0.29) is 5.60 Å². The molecule has 3 heteroatoms. The fraction of sp³-hybridized carbons (Fsp3) is 1.00. The fourth-order valence-electron chi connectivity index (χ4n) is 3.63. The third-order valence-corrected chi connectivity index (χ3v) is 4.86. The highest BCUT2D eigenvalue weighted by atomic mass is 16.5. The summed E-state index contributed by atoms with van der Waals surface area (Å²) in [5.74, 6) is 0.616. The fourth-order valence-corrected chi connectivity index (χ4v) is 3.63. The second-order valence-corrected chi connectivity index (χ2v) is 6.75. The van der Waals surface area contributed by atoms with Gasteiger partial charge >= 0.3 is 0 Å². The average molecular weight is 269 g/mol. The van der Waals surface area contributed by atoms with Gasteiger partial charge in [0, 0.05) is 25.8 Å². The molecule has 1 saturated heterocycles. The molecule has 19 heavy (non-hydrogen) atoms. The number of nitrogens with one attached hydrogen (secondary N) is 1. The Labute approximate surface area is 118 Å². The lowest BCUT2D eigenvalue weighted by Crippen LogP contribution is -2.52. The van der Waals surface area contributed by atoms with E-state index in [1.54, 1.807) is 7.11 Å². The lowest BCUT2D eigenvalue weighted by atomic mass is 9.78. The van der Waals surface area contributed by atoms with Crippen molar-refractivity contribution in [1.29, 1.82) is 0 Å². The van der Waals surface area contributed by atoms with Gasteiger partial charge < -0.3 is 14.8 Å². The molecule has 1 aliphatic carbocycles. The van der Waals surface area contributed by atoms with Crippen molar-refractivity contribution in [2.24, 2.45) is 5.92 Å².